The molecule has 3 aliphatic rings. The zero-order chi connectivity index (χ0) is 42.3. The zero-order valence-corrected chi connectivity index (χ0v) is 37.1. The molecule has 3 fully saturated rings. The molecule has 0 spiro atoms. The maximum absolute atomic E-state index is 12.5. The quantitative estimate of drug-likeness (QED) is 0.207. The van der Waals surface area contributed by atoms with Crippen LogP contribution >= 0.6 is 22.6 Å². The van der Waals surface area contributed by atoms with E-state index in [9.17, 15) is 19.2 Å². The molecule has 6 aromatic rings. The number of piperazine rings is 2. The van der Waals surface area contributed by atoms with Gasteiger partial charge in [-0.3, -0.25) is 37.7 Å². The first-order chi connectivity index (χ1) is 29.0. The molecule has 60 heavy (non-hydrogen) atoms. The Hall–Kier alpha value is -5.05. The van der Waals surface area contributed by atoms with Crippen LogP contribution in [0.5, 0.6) is 0 Å². The largest absolute Gasteiger partial charge is 0.381 e. The van der Waals surface area contributed by atoms with Gasteiger partial charge in [0, 0.05) is 129 Å². The standard InChI is InChI=1S/C19H23IN6O2.C19H24N6O2.C4H8O/c1-22-17-16(18(27)23(2)19(22)28)26(13-21-17)12-9-24-7-10-25(11-8-24)15-6-4-3-5-14(15)20;1-21-17-16(18(26)22(2)19(21)27)25(14-20-17)13-10-23-8-11-24(12-9-23)15-6-4-3-5-7-15;1-2-4-5-3-1/h3-6,13H,7-12H2,1-2H3;3-7,14H,8-13H2,1-2H3;1-4H2. The summed E-state index contributed by atoms with van der Waals surface area (Å²) in [7, 11) is 6.30. The normalized spacial score (nSPS) is 16.2. The van der Waals surface area contributed by atoms with Gasteiger partial charge in [-0.15, -0.1) is 0 Å². The monoisotopic (exact) mass is 934 g/mol. The maximum atomic E-state index is 12.5. The van der Waals surface area contributed by atoms with Crippen molar-refractivity contribution in [3.63, 3.8) is 0 Å². The number of aryl methyl sites for hydroxylation is 2. The lowest BCUT2D eigenvalue weighted by molar-refractivity contribution is 0.198. The van der Waals surface area contributed by atoms with Gasteiger partial charge in [-0.1, -0.05) is 30.3 Å². The fraction of sp³-hybridized carbons (Fsp3) is 0.476. The molecule has 4 aromatic heterocycles. The van der Waals surface area contributed by atoms with Gasteiger partial charge < -0.3 is 23.7 Å². The highest BCUT2D eigenvalue weighted by molar-refractivity contribution is 14.1. The number of rotatable bonds is 8. The van der Waals surface area contributed by atoms with Gasteiger partial charge in [-0.25, -0.2) is 19.6 Å². The van der Waals surface area contributed by atoms with E-state index in [4.69, 9.17) is 4.74 Å². The molecule has 0 saturated carbocycles. The molecule has 0 atom stereocenters. The van der Waals surface area contributed by atoms with Gasteiger partial charge in [0.1, 0.15) is 0 Å². The van der Waals surface area contributed by atoms with Crippen molar-refractivity contribution in [3.8, 4) is 0 Å². The molecular weight excluding hydrogens is 879 g/mol. The number of halogens is 1. The molecule has 17 nitrogen and oxygen atoms in total. The van der Waals surface area contributed by atoms with E-state index in [-0.39, 0.29) is 22.5 Å². The third kappa shape index (κ3) is 9.45. The first-order valence-electron chi connectivity index (χ1n) is 20.6. The van der Waals surface area contributed by atoms with Gasteiger partial charge in [-0.2, -0.15) is 0 Å². The summed E-state index contributed by atoms with van der Waals surface area (Å²) in [4.78, 5) is 67.3. The Kier molecular flexibility index (Phi) is 14.0. The molecule has 0 aliphatic carbocycles. The number of imidazole rings is 2. The summed E-state index contributed by atoms with van der Waals surface area (Å²) in [5, 5.41) is 0. The van der Waals surface area contributed by atoms with E-state index < -0.39 is 0 Å². The van der Waals surface area contributed by atoms with E-state index in [1.807, 2.05) is 15.2 Å². The second-order valence-corrected chi connectivity index (χ2v) is 16.6. The minimum absolute atomic E-state index is 0.292. The van der Waals surface area contributed by atoms with Crippen LogP contribution < -0.4 is 32.3 Å². The number of ether oxygens (including phenoxy) is 1. The predicted molar refractivity (Wildman–Crippen MR) is 243 cm³/mol. The Balaban J connectivity index is 0.000000162. The van der Waals surface area contributed by atoms with E-state index in [0.29, 0.717) is 35.4 Å². The number of nitrogens with zero attached hydrogens (tertiary/aromatic N) is 12. The summed E-state index contributed by atoms with van der Waals surface area (Å²) >= 11 is 2.39. The predicted octanol–water partition coefficient (Wildman–Crippen LogP) is 1.91. The topological polar surface area (TPSA) is 146 Å². The molecule has 9 rings (SSSR count). The maximum Gasteiger partial charge on any atom is 0.332 e. The molecule has 2 aromatic carbocycles. The van der Waals surface area contributed by atoms with Crippen molar-refractivity contribution >= 4 is 56.3 Å². The number of hydrogen-bond acceptors (Lipinski definition) is 11. The number of benzene rings is 2. The van der Waals surface area contributed by atoms with E-state index in [1.54, 1.807) is 26.7 Å². The second-order valence-electron chi connectivity index (χ2n) is 15.4. The van der Waals surface area contributed by atoms with E-state index >= 15 is 0 Å². The molecule has 0 bridgehead atoms. The van der Waals surface area contributed by atoms with Crippen molar-refractivity contribution in [2.24, 2.45) is 28.2 Å². The van der Waals surface area contributed by atoms with Gasteiger partial charge in [-0.05, 0) is 59.7 Å². The molecule has 0 amide bonds. The summed E-state index contributed by atoms with van der Waals surface area (Å²) in [6.07, 6.45) is 5.87. The van der Waals surface area contributed by atoms with Crippen LogP contribution in [0.25, 0.3) is 22.3 Å². The molecule has 7 heterocycles. The molecule has 3 saturated heterocycles. The van der Waals surface area contributed by atoms with Crippen molar-refractivity contribution in [2.75, 3.05) is 88.5 Å². The Morgan fingerprint density at radius 3 is 1.45 bits per heavy atom. The minimum Gasteiger partial charge on any atom is -0.381 e. The fourth-order valence-corrected chi connectivity index (χ4v) is 8.66. The van der Waals surface area contributed by atoms with Crippen LogP contribution in [-0.2, 0) is 46.0 Å². The first kappa shape index (κ1) is 43.1. The molecule has 3 aliphatic heterocycles. The van der Waals surface area contributed by atoms with Crippen LogP contribution in [0.2, 0.25) is 0 Å². The van der Waals surface area contributed by atoms with E-state index in [0.717, 1.165) is 87.8 Å². The van der Waals surface area contributed by atoms with Crippen LogP contribution in [0.3, 0.4) is 0 Å². The van der Waals surface area contributed by atoms with Crippen LogP contribution in [0.1, 0.15) is 12.8 Å². The summed E-state index contributed by atoms with van der Waals surface area (Å²) in [5.41, 5.74) is 3.14. The SMILES string of the molecule is C1CCOC1.Cn1c(=O)c2c(ncn2CCN2CCN(c3ccccc3)CC2)n(C)c1=O.Cn1c(=O)c2c(ncn2CCN2CCN(c3ccccc3I)CC2)n(C)c1=O. The number of anilines is 2. The summed E-state index contributed by atoms with van der Waals surface area (Å²) in [5.74, 6) is 0. The van der Waals surface area contributed by atoms with E-state index in [2.05, 4.69) is 101 Å². The Labute approximate surface area is 361 Å². The highest BCUT2D eigenvalue weighted by Gasteiger charge is 2.21. The third-order valence-electron chi connectivity index (χ3n) is 11.6. The summed E-state index contributed by atoms with van der Waals surface area (Å²) < 4.78 is 15.1. The van der Waals surface area contributed by atoms with Crippen molar-refractivity contribution < 1.29 is 4.74 Å². The van der Waals surface area contributed by atoms with Crippen molar-refractivity contribution in [3.05, 3.63) is 112 Å². The number of para-hydroxylation sites is 2. The van der Waals surface area contributed by atoms with E-state index in [1.165, 1.54) is 51.0 Å². The van der Waals surface area contributed by atoms with Crippen molar-refractivity contribution in [1.29, 1.82) is 0 Å². The molecule has 0 unspecified atom stereocenters. The average Bonchev–Trinajstić information content (AvgIpc) is 4.09. The molecule has 320 valence electrons. The van der Waals surface area contributed by atoms with Crippen LogP contribution in [0.15, 0.2) is 86.4 Å². The van der Waals surface area contributed by atoms with Gasteiger partial charge in [0.05, 0.1) is 18.3 Å². The highest BCUT2D eigenvalue weighted by Crippen LogP contribution is 2.23. The van der Waals surface area contributed by atoms with Gasteiger partial charge >= 0.3 is 11.4 Å². The molecule has 18 heteroatoms. The van der Waals surface area contributed by atoms with Crippen LogP contribution in [0.4, 0.5) is 11.4 Å². The third-order valence-corrected chi connectivity index (χ3v) is 12.5. The number of aromatic nitrogens is 8. The van der Waals surface area contributed by atoms with Gasteiger partial charge in [0.15, 0.2) is 22.3 Å². The number of fused-ring (bicyclic) bond motifs is 2. The Morgan fingerprint density at radius 1 is 0.550 bits per heavy atom. The molecular formula is C42H55IN12O5. The fourth-order valence-electron chi connectivity index (χ4n) is 7.93. The lowest BCUT2D eigenvalue weighted by Crippen LogP contribution is -2.47. The number of hydrogen-bond donors (Lipinski definition) is 0. The van der Waals surface area contributed by atoms with Crippen molar-refractivity contribution in [2.45, 2.75) is 25.9 Å². The Morgan fingerprint density at radius 2 is 1.00 bits per heavy atom. The molecule has 0 N–H and O–H groups in total. The highest BCUT2D eigenvalue weighted by atomic mass is 127. The van der Waals surface area contributed by atoms with Crippen LogP contribution in [-0.4, -0.2) is 126 Å². The van der Waals surface area contributed by atoms with Gasteiger partial charge in [0.25, 0.3) is 11.1 Å². The van der Waals surface area contributed by atoms with Gasteiger partial charge in [0.2, 0.25) is 0 Å². The lowest BCUT2D eigenvalue weighted by atomic mass is 10.2. The Bertz CT molecular complexity index is 2620. The zero-order valence-electron chi connectivity index (χ0n) is 35.0. The van der Waals surface area contributed by atoms with Crippen molar-refractivity contribution in [1.82, 2.24) is 47.2 Å². The average molecular weight is 935 g/mol. The summed E-state index contributed by atoms with van der Waals surface area (Å²) in [6, 6.07) is 18.9. The second kappa shape index (κ2) is 19.6. The smallest absolute Gasteiger partial charge is 0.332 e. The molecule has 0 radical (unpaired) electrons. The first-order valence-corrected chi connectivity index (χ1v) is 21.6. The summed E-state index contributed by atoms with van der Waals surface area (Å²) in [6.45, 7) is 12.9. The lowest BCUT2D eigenvalue weighted by Gasteiger charge is -2.36. The van der Waals surface area contributed by atoms with Crippen LogP contribution in [0, 0.1) is 3.57 Å². The minimum atomic E-state index is -0.352.